The van der Waals surface area contributed by atoms with Gasteiger partial charge in [-0.25, -0.2) is 0 Å². The minimum atomic E-state index is 0.0313. The van der Waals surface area contributed by atoms with Crippen LogP contribution in [0.1, 0.15) is 16.1 Å². The second-order valence-electron chi connectivity index (χ2n) is 2.90. The van der Waals surface area contributed by atoms with Crippen LogP contribution in [0, 0.1) is 6.92 Å². The number of hydrogen-bond acceptors (Lipinski definition) is 4. The third-order valence-electron chi connectivity index (χ3n) is 2.02. The number of thioether (sulfide) groups is 1. The van der Waals surface area contributed by atoms with Gasteiger partial charge in [0.05, 0.1) is 12.1 Å². The molecule has 1 aliphatic heterocycles. The molecule has 1 aromatic heterocycles. The Labute approximate surface area is 80.3 Å². The Bertz CT molecular complexity index is 318. The maximum absolute atomic E-state index is 11.7. The van der Waals surface area contributed by atoms with Crippen LogP contribution in [0.3, 0.4) is 0 Å². The monoisotopic (exact) mass is 198 g/mol. The largest absolute Gasteiger partial charge is 0.361 e. The molecule has 1 aromatic rings. The second-order valence-corrected chi connectivity index (χ2v) is 3.98. The summed E-state index contributed by atoms with van der Waals surface area (Å²) in [5, 5.41) is 3.58. The first kappa shape index (κ1) is 8.62. The Hall–Kier alpha value is -0.970. The molecule has 13 heavy (non-hydrogen) atoms. The molecule has 2 heterocycles. The Morgan fingerprint density at radius 1 is 1.77 bits per heavy atom. The first-order valence-corrected chi connectivity index (χ1v) is 5.23. The maximum Gasteiger partial charge on any atom is 0.259 e. The van der Waals surface area contributed by atoms with Crippen molar-refractivity contribution in [2.75, 3.05) is 18.2 Å². The highest BCUT2D eigenvalue weighted by atomic mass is 32.2. The van der Waals surface area contributed by atoms with Gasteiger partial charge >= 0.3 is 0 Å². The SMILES string of the molecule is Cc1oncc1C(=O)N1CCSC1. The number of amides is 1. The van der Waals surface area contributed by atoms with Gasteiger partial charge in [0.25, 0.3) is 5.91 Å². The Kier molecular flexibility index (Phi) is 2.26. The van der Waals surface area contributed by atoms with Gasteiger partial charge in [-0.3, -0.25) is 4.79 Å². The summed E-state index contributed by atoms with van der Waals surface area (Å²) in [5.74, 6) is 2.44. The van der Waals surface area contributed by atoms with E-state index in [4.69, 9.17) is 4.52 Å². The van der Waals surface area contributed by atoms with Gasteiger partial charge in [-0.05, 0) is 6.92 Å². The molecule has 4 nitrogen and oxygen atoms in total. The minimum Gasteiger partial charge on any atom is -0.361 e. The molecule has 0 radical (unpaired) electrons. The molecule has 1 fully saturated rings. The molecule has 0 saturated carbocycles. The van der Waals surface area contributed by atoms with E-state index in [1.165, 1.54) is 6.20 Å². The molecule has 2 rings (SSSR count). The Balaban J connectivity index is 2.17. The molecule has 0 aliphatic carbocycles. The number of nitrogens with zero attached hydrogens (tertiary/aromatic N) is 2. The summed E-state index contributed by atoms with van der Waals surface area (Å²) in [6.45, 7) is 2.58. The average Bonchev–Trinajstić information content (AvgIpc) is 2.72. The number of carbonyl (C=O) groups is 1. The summed E-state index contributed by atoms with van der Waals surface area (Å²) in [5.41, 5.74) is 0.586. The molecule has 70 valence electrons. The van der Waals surface area contributed by atoms with Crippen LogP contribution in [0.5, 0.6) is 0 Å². The van der Waals surface area contributed by atoms with E-state index in [9.17, 15) is 4.79 Å². The van der Waals surface area contributed by atoms with Crippen LogP contribution in [-0.2, 0) is 0 Å². The van der Waals surface area contributed by atoms with Crippen LogP contribution in [0.15, 0.2) is 10.7 Å². The second kappa shape index (κ2) is 3.41. The third-order valence-corrected chi connectivity index (χ3v) is 2.99. The lowest BCUT2D eigenvalue weighted by atomic mass is 10.2. The van der Waals surface area contributed by atoms with Crippen molar-refractivity contribution in [1.82, 2.24) is 10.1 Å². The highest BCUT2D eigenvalue weighted by Gasteiger charge is 2.22. The lowest BCUT2D eigenvalue weighted by molar-refractivity contribution is 0.0801. The average molecular weight is 198 g/mol. The van der Waals surface area contributed by atoms with Crippen molar-refractivity contribution in [1.29, 1.82) is 0 Å². The quantitative estimate of drug-likeness (QED) is 0.678. The van der Waals surface area contributed by atoms with E-state index in [-0.39, 0.29) is 5.91 Å². The Morgan fingerprint density at radius 2 is 2.62 bits per heavy atom. The summed E-state index contributed by atoms with van der Waals surface area (Å²) >= 11 is 1.77. The van der Waals surface area contributed by atoms with Crippen molar-refractivity contribution in [3.05, 3.63) is 17.5 Å². The highest BCUT2D eigenvalue weighted by Crippen LogP contribution is 2.17. The van der Waals surface area contributed by atoms with Gasteiger partial charge in [-0.1, -0.05) is 5.16 Å². The zero-order valence-electron chi connectivity index (χ0n) is 7.32. The molecular formula is C8H10N2O2S. The normalized spacial score (nSPS) is 16.5. The molecule has 5 heteroatoms. The van der Waals surface area contributed by atoms with Crippen molar-refractivity contribution < 1.29 is 9.32 Å². The van der Waals surface area contributed by atoms with Gasteiger partial charge in [0.15, 0.2) is 0 Å². The van der Waals surface area contributed by atoms with Crippen molar-refractivity contribution in [3.63, 3.8) is 0 Å². The van der Waals surface area contributed by atoms with E-state index >= 15 is 0 Å². The molecule has 0 aromatic carbocycles. The topological polar surface area (TPSA) is 46.3 Å². The van der Waals surface area contributed by atoms with E-state index in [0.717, 1.165) is 18.2 Å². The van der Waals surface area contributed by atoms with Gasteiger partial charge in [-0.2, -0.15) is 0 Å². The van der Waals surface area contributed by atoms with Gasteiger partial charge in [-0.15, -0.1) is 11.8 Å². The molecule has 0 N–H and O–H groups in total. The summed E-state index contributed by atoms with van der Waals surface area (Å²) in [4.78, 5) is 13.6. The predicted octanol–water partition coefficient (Wildman–Crippen LogP) is 1.13. The lowest BCUT2D eigenvalue weighted by Crippen LogP contribution is -2.27. The molecule has 0 spiro atoms. The molecular weight excluding hydrogens is 188 g/mol. The van der Waals surface area contributed by atoms with Crippen LogP contribution in [0.4, 0.5) is 0 Å². The van der Waals surface area contributed by atoms with Crippen LogP contribution in [0.25, 0.3) is 0 Å². The molecule has 1 aliphatic rings. The third kappa shape index (κ3) is 1.56. The zero-order valence-corrected chi connectivity index (χ0v) is 8.13. The standard InChI is InChI=1S/C8H10N2O2S/c1-6-7(4-9-12-6)8(11)10-2-3-13-5-10/h4H,2-3,5H2,1H3. The smallest absolute Gasteiger partial charge is 0.259 e. The number of aryl methyl sites for hydroxylation is 1. The fourth-order valence-electron chi connectivity index (χ4n) is 1.25. The van der Waals surface area contributed by atoms with Crippen molar-refractivity contribution in [3.8, 4) is 0 Å². The summed E-state index contributed by atoms with van der Waals surface area (Å²) < 4.78 is 4.84. The fraction of sp³-hybridized carbons (Fsp3) is 0.500. The van der Waals surface area contributed by atoms with Gasteiger partial charge in [0, 0.05) is 12.3 Å². The van der Waals surface area contributed by atoms with Crippen LogP contribution in [-0.4, -0.2) is 34.1 Å². The number of carbonyl (C=O) groups excluding carboxylic acids is 1. The van der Waals surface area contributed by atoms with E-state index < -0.39 is 0 Å². The summed E-state index contributed by atoms with van der Waals surface area (Å²) in [7, 11) is 0. The first-order valence-electron chi connectivity index (χ1n) is 4.07. The van der Waals surface area contributed by atoms with Crippen LogP contribution < -0.4 is 0 Å². The number of rotatable bonds is 1. The molecule has 1 saturated heterocycles. The zero-order chi connectivity index (χ0) is 9.26. The lowest BCUT2D eigenvalue weighted by Gasteiger charge is -2.12. The maximum atomic E-state index is 11.7. The molecule has 0 unspecified atom stereocenters. The van der Waals surface area contributed by atoms with Crippen LogP contribution in [0.2, 0.25) is 0 Å². The molecule has 1 amide bonds. The van der Waals surface area contributed by atoms with E-state index in [1.54, 1.807) is 18.7 Å². The van der Waals surface area contributed by atoms with Gasteiger partial charge < -0.3 is 9.42 Å². The minimum absolute atomic E-state index is 0.0313. The van der Waals surface area contributed by atoms with Gasteiger partial charge in [0.1, 0.15) is 11.3 Å². The van der Waals surface area contributed by atoms with Crippen molar-refractivity contribution in [2.24, 2.45) is 0 Å². The number of aromatic nitrogens is 1. The fourth-order valence-corrected chi connectivity index (χ4v) is 2.19. The predicted molar refractivity (Wildman–Crippen MR) is 49.6 cm³/mol. The van der Waals surface area contributed by atoms with Crippen molar-refractivity contribution >= 4 is 17.7 Å². The van der Waals surface area contributed by atoms with Gasteiger partial charge in [0.2, 0.25) is 0 Å². The van der Waals surface area contributed by atoms with E-state index in [1.807, 2.05) is 4.90 Å². The summed E-state index contributed by atoms with van der Waals surface area (Å²) in [6.07, 6.45) is 1.49. The highest BCUT2D eigenvalue weighted by molar-refractivity contribution is 7.99. The van der Waals surface area contributed by atoms with E-state index in [0.29, 0.717) is 11.3 Å². The Morgan fingerprint density at radius 3 is 3.15 bits per heavy atom. The summed E-state index contributed by atoms with van der Waals surface area (Å²) in [6, 6.07) is 0. The molecule has 0 bridgehead atoms. The molecule has 0 atom stereocenters. The van der Waals surface area contributed by atoms with Crippen molar-refractivity contribution in [2.45, 2.75) is 6.92 Å². The number of hydrogen-bond donors (Lipinski definition) is 0. The van der Waals surface area contributed by atoms with Crippen LogP contribution >= 0.6 is 11.8 Å². The first-order chi connectivity index (χ1) is 6.29. The van der Waals surface area contributed by atoms with E-state index in [2.05, 4.69) is 5.16 Å².